The Morgan fingerprint density at radius 1 is 1.16 bits per heavy atom. The van der Waals surface area contributed by atoms with Gasteiger partial charge in [0.2, 0.25) is 5.91 Å². The fourth-order valence-electron chi connectivity index (χ4n) is 3.07. The van der Waals surface area contributed by atoms with E-state index in [9.17, 15) is 18.8 Å². The lowest BCUT2D eigenvalue weighted by molar-refractivity contribution is -0.123. The minimum Gasteiger partial charge on any atom is -0.478 e. The number of nitrogens with zero attached hydrogens (tertiary/aromatic N) is 1. The van der Waals surface area contributed by atoms with Crippen molar-refractivity contribution in [3.8, 4) is 0 Å². The summed E-state index contributed by atoms with van der Waals surface area (Å²) in [4.78, 5) is 36.8. The molecular formula is C18H15FN2O4. The lowest BCUT2D eigenvalue weighted by atomic mass is 9.91. The maximum Gasteiger partial charge on any atom is 0.335 e. The predicted molar refractivity (Wildman–Crippen MR) is 86.5 cm³/mol. The summed E-state index contributed by atoms with van der Waals surface area (Å²) < 4.78 is 14.2. The first-order chi connectivity index (χ1) is 11.9. The van der Waals surface area contributed by atoms with Crippen molar-refractivity contribution in [2.45, 2.75) is 12.5 Å². The zero-order valence-corrected chi connectivity index (χ0v) is 13.1. The van der Waals surface area contributed by atoms with Gasteiger partial charge in [-0.25, -0.2) is 9.18 Å². The quantitative estimate of drug-likeness (QED) is 0.887. The van der Waals surface area contributed by atoms with Crippen molar-refractivity contribution in [3.63, 3.8) is 0 Å². The zero-order chi connectivity index (χ0) is 18.1. The second-order valence-corrected chi connectivity index (χ2v) is 5.75. The number of carboxylic acids is 1. The number of carbonyl (C=O) groups excluding carboxylic acids is 2. The molecule has 0 aromatic heterocycles. The van der Waals surface area contributed by atoms with Crippen molar-refractivity contribution in [1.82, 2.24) is 4.90 Å². The second kappa shape index (κ2) is 6.35. The Morgan fingerprint density at radius 3 is 2.52 bits per heavy atom. The molecule has 0 saturated carbocycles. The standard InChI is InChI=1S/C18H15FN2O4/c19-14-9-11(18(24)25)5-6-13(14)17(23)21-8-7-10-3-1-2-4-12(10)15(21)16(20)22/h1-6,9,15H,7-8H2,(H2,20,22)(H,24,25). The predicted octanol–water partition coefficient (Wildman–Crippen LogP) is 1.75. The Kier molecular flexibility index (Phi) is 4.22. The fourth-order valence-corrected chi connectivity index (χ4v) is 3.07. The molecule has 2 amide bonds. The van der Waals surface area contributed by atoms with Crippen LogP contribution in [0.5, 0.6) is 0 Å². The highest BCUT2D eigenvalue weighted by atomic mass is 19.1. The highest BCUT2D eigenvalue weighted by molar-refractivity contribution is 5.99. The number of rotatable bonds is 3. The zero-order valence-electron chi connectivity index (χ0n) is 13.1. The summed E-state index contributed by atoms with van der Waals surface area (Å²) in [7, 11) is 0. The summed E-state index contributed by atoms with van der Waals surface area (Å²) in [6.07, 6.45) is 0.514. The molecule has 2 aromatic carbocycles. The lowest BCUT2D eigenvalue weighted by Crippen LogP contribution is -2.46. The third-order valence-electron chi connectivity index (χ3n) is 4.26. The summed E-state index contributed by atoms with van der Waals surface area (Å²) in [5.74, 6) is -3.65. The van der Waals surface area contributed by atoms with Crippen LogP contribution in [0.15, 0.2) is 42.5 Å². The fraction of sp³-hybridized carbons (Fsp3) is 0.167. The number of primary amides is 1. The number of hydrogen-bond acceptors (Lipinski definition) is 3. The molecule has 1 unspecified atom stereocenters. The Labute approximate surface area is 142 Å². The van der Waals surface area contributed by atoms with Crippen LogP contribution in [0.4, 0.5) is 4.39 Å². The van der Waals surface area contributed by atoms with Crippen LogP contribution in [-0.4, -0.2) is 34.3 Å². The Balaban J connectivity index is 2.00. The molecule has 1 heterocycles. The molecule has 128 valence electrons. The van der Waals surface area contributed by atoms with Gasteiger partial charge in [-0.2, -0.15) is 0 Å². The minimum absolute atomic E-state index is 0.212. The summed E-state index contributed by atoms with van der Waals surface area (Å²) in [5.41, 5.74) is 6.47. The van der Waals surface area contributed by atoms with E-state index < -0.39 is 29.6 Å². The summed E-state index contributed by atoms with van der Waals surface area (Å²) >= 11 is 0. The molecule has 0 aliphatic carbocycles. The van der Waals surface area contributed by atoms with Crippen molar-refractivity contribution in [2.75, 3.05) is 6.54 Å². The van der Waals surface area contributed by atoms with Crippen LogP contribution >= 0.6 is 0 Å². The van der Waals surface area contributed by atoms with E-state index in [-0.39, 0.29) is 17.7 Å². The van der Waals surface area contributed by atoms with E-state index in [2.05, 4.69) is 0 Å². The molecule has 0 radical (unpaired) electrons. The Bertz CT molecular complexity index is 881. The molecule has 1 atom stereocenters. The molecule has 3 rings (SSSR count). The number of nitrogens with two attached hydrogens (primary N) is 1. The van der Waals surface area contributed by atoms with Gasteiger partial charge < -0.3 is 15.7 Å². The highest BCUT2D eigenvalue weighted by Gasteiger charge is 2.35. The number of hydrogen-bond donors (Lipinski definition) is 2. The first kappa shape index (κ1) is 16.6. The molecular weight excluding hydrogens is 327 g/mol. The van der Waals surface area contributed by atoms with Gasteiger partial charge in [0.15, 0.2) is 0 Å². The maximum atomic E-state index is 14.2. The van der Waals surface area contributed by atoms with Gasteiger partial charge in [0, 0.05) is 6.54 Å². The molecule has 0 bridgehead atoms. The van der Waals surface area contributed by atoms with E-state index >= 15 is 0 Å². The van der Waals surface area contributed by atoms with Crippen LogP contribution in [0.2, 0.25) is 0 Å². The maximum absolute atomic E-state index is 14.2. The van der Waals surface area contributed by atoms with Gasteiger partial charge in [0.05, 0.1) is 11.1 Å². The third kappa shape index (κ3) is 2.96. The molecule has 25 heavy (non-hydrogen) atoms. The van der Waals surface area contributed by atoms with Crippen LogP contribution < -0.4 is 5.73 Å². The van der Waals surface area contributed by atoms with E-state index in [1.54, 1.807) is 12.1 Å². The first-order valence-corrected chi connectivity index (χ1v) is 7.61. The largest absolute Gasteiger partial charge is 0.478 e. The van der Waals surface area contributed by atoms with Crippen LogP contribution in [0.25, 0.3) is 0 Å². The smallest absolute Gasteiger partial charge is 0.335 e. The van der Waals surface area contributed by atoms with Crippen LogP contribution in [0.3, 0.4) is 0 Å². The average Bonchev–Trinajstić information content (AvgIpc) is 2.59. The first-order valence-electron chi connectivity index (χ1n) is 7.61. The lowest BCUT2D eigenvalue weighted by Gasteiger charge is -2.35. The van der Waals surface area contributed by atoms with Crippen molar-refractivity contribution < 1.29 is 23.9 Å². The second-order valence-electron chi connectivity index (χ2n) is 5.75. The normalized spacial score (nSPS) is 16.2. The molecule has 6 nitrogen and oxygen atoms in total. The van der Waals surface area contributed by atoms with E-state index in [1.165, 1.54) is 4.90 Å². The van der Waals surface area contributed by atoms with Crippen LogP contribution in [-0.2, 0) is 11.2 Å². The van der Waals surface area contributed by atoms with Crippen molar-refractivity contribution >= 4 is 17.8 Å². The van der Waals surface area contributed by atoms with E-state index in [0.29, 0.717) is 12.0 Å². The van der Waals surface area contributed by atoms with Crippen LogP contribution in [0.1, 0.15) is 37.9 Å². The van der Waals surface area contributed by atoms with E-state index in [1.807, 2.05) is 12.1 Å². The van der Waals surface area contributed by atoms with Crippen molar-refractivity contribution in [2.24, 2.45) is 5.73 Å². The van der Waals surface area contributed by atoms with Gasteiger partial charge >= 0.3 is 5.97 Å². The van der Waals surface area contributed by atoms with Gasteiger partial charge in [-0.3, -0.25) is 9.59 Å². The monoisotopic (exact) mass is 342 g/mol. The number of halogens is 1. The van der Waals surface area contributed by atoms with E-state index in [4.69, 9.17) is 10.8 Å². The van der Waals surface area contributed by atoms with Gasteiger partial charge in [0.25, 0.3) is 5.91 Å². The van der Waals surface area contributed by atoms with Gasteiger partial charge in [-0.15, -0.1) is 0 Å². The molecule has 7 heteroatoms. The van der Waals surface area contributed by atoms with Crippen molar-refractivity contribution in [1.29, 1.82) is 0 Å². The number of fused-ring (bicyclic) bond motifs is 1. The number of aromatic carboxylic acids is 1. The van der Waals surface area contributed by atoms with Gasteiger partial charge in [-0.1, -0.05) is 24.3 Å². The van der Waals surface area contributed by atoms with Gasteiger partial charge in [0.1, 0.15) is 11.9 Å². The number of carboxylic acid groups (broad SMARTS) is 1. The molecule has 1 aliphatic rings. The third-order valence-corrected chi connectivity index (χ3v) is 4.26. The number of carbonyl (C=O) groups is 3. The SMILES string of the molecule is NC(=O)C1c2ccccc2CCN1C(=O)c1ccc(C(=O)O)cc1F. The van der Waals surface area contributed by atoms with Gasteiger partial charge in [-0.05, 0) is 35.7 Å². The molecule has 0 fully saturated rings. The van der Waals surface area contributed by atoms with Crippen molar-refractivity contribution in [3.05, 3.63) is 70.5 Å². The molecule has 3 N–H and O–H groups in total. The number of benzene rings is 2. The minimum atomic E-state index is -1.29. The number of amides is 2. The van der Waals surface area contributed by atoms with Crippen LogP contribution in [0, 0.1) is 5.82 Å². The Morgan fingerprint density at radius 2 is 1.88 bits per heavy atom. The van der Waals surface area contributed by atoms with E-state index in [0.717, 1.165) is 23.8 Å². The summed E-state index contributed by atoms with van der Waals surface area (Å²) in [6.45, 7) is 0.212. The molecule has 0 saturated heterocycles. The Hall–Kier alpha value is -3.22. The summed E-state index contributed by atoms with van der Waals surface area (Å²) in [5, 5.41) is 8.89. The topological polar surface area (TPSA) is 101 Å². The average molecular weight is 342 g/mol. The molecule has 1 aliphatic heterocycles. The molecule has 2 aromatic rings. The molecule has 0 spiro atoms. The summed E-state index contributed by atoms with van der Waals surface area (Å²) in [6, 6.07) is 9.20. The highest BCUT2D eigenvalue weighted by Crippen LogP contribution is 2.31.